The molecule has 10 heteroatoms. The molecule has 3 aliphatic heterocycles. The van der Waals surface area contributed by atoms with Gasteiger partial charge in [0.25, 0.3) is 12.3 Å². The third kappa shape index (κ3) is 3.20. The maximum absolute atomic E-state index is 14.0. The number of amidine groups is 1. The Labute approximate surface area is 160 Å². The number of halogens is 4. The molecule has 4 atom stereocenters. The third-order valence-corrected chi connectivity index (χ3v) is 6.67. The minimum Gasteiger partial charge on any atom is -0.481 e. The molecule has 5 aliphatic rings. The van der Waals surface area contributed by atoms with E-state index in [2.05, 4.69) is 5.10 Å². The third-order valence-electron chi connectivity index (χ3n) is 6.67. The van der Waals surface area contributed by atoms with Crippen molar-refractivity contribution < 1.29 is 27.5 Å². The molecule has 2 aliphatic carbocycles. The predicted octanol–water partition coefficient (Wildman–Crippen LogP) is 2.32. The van der Waals surface area contributed by atoms with E-state index in [1.807, 2.05) is 4.90 Å². The van der Waals surface area contributed by atoms with Crippen LogP contribution in [-0.2, 0) is 4.79 Å². The zero-order chi connectivity index (χ0) is 20.2. The second kappa shape index (κ2) is 6.81. The van der Waals surface area contributed by atoms with E-state index in [0.29, 0.717) is 26.1 Å². The van der Waals surface area contributed by atoms with Crippen molar-refractivity contribution in [2.75, 3.05) is 19.6 Å². The average molecular weight is 404 g/mol. The van der Waals surface area contributed by atoms with E-state index in [4.69, 9.17) is 10.8 Å². The lowest BCUT2D eigenvalue weighted by Crippen LogP contribution is -2.58. The molecule has 0 spiro atoms. The summed E-state index contributed by atoms with van der Waals surface area (Å²) in [6.45, 7) is 1.33. The van der Waals surface area contributed by atoms with Crippen LogP contribution in [0.15, 0.2) is 16.4 Å². The van der Waals surface area contributed by atoms with Gasteiger partial charge in [-0.25, -0.2) is 8.78 Å². The highest BCUT2D eigenvalue weighted by molar-refractivity contribution is 5.99. The van der Waals surface area contributed by atoms with Gasteiger partial charge in [0.2, 0.25) is 0 Å². The van der Waals surface area contributed by atoms with Crippen molar-refractivity contribution in [3.05, 3.63) is 11.3 Å². The largest absolute Gasteiger partial charge is 0.481 e. The fourth-order valence-electron chi connectivity index (χ4n) is 4.91. The monoisotopic (exact) mass is 404 g/mol. The van der Waals surface area contributed by atoms with Crippen molar-refractivity contribution in [1.29, 1.82) is 0 Å². The Balaban J connectivity index is 1.59. The molecule has 0 radical (unpaired) electrons. The highest BCUT2D eigenvalue weighted by Crippen LogP contribution is 2.48. The number of fused-ring (bicyclic) bond motifs is 2. The first-order chi connectivity index (χ1) is 13.2. The van der Waals surface area contributed by atoms with Crippen LogP contribution in [0.3, 0.4) is 0 Å². The van der Waals surface area contributed by atoms with E-state index in [1.165, 1.54) is 5.01 Å². The molecule has 1 saturated carbocycles. The Morgan fingerprint density at radius 2 is 2.00 bits per heavy atom. The second-order valence-electron chi connectivity index (χ2n) is 8.30. The number of carboxylic acids is 1. The van der Waals surface area contributed by atoms with E-state index in [9.17, 15) is 22.4 Å². The molecule has 0 aromatic rings. The summed E-state index contributed by atoms with van der Waals surface area (Å²) < 4.78 is 54.2. The van der Waals surface area contributed by atoms with Crippen molar-refractivity contribution >= 4 is 11.8 Å². The SMILES string of the molecule is NC1=C(C(=NN2CC[C@@H]2C(F)F)N2C[C@H]3C[C@@H](C2)C3CC(=O)O)CCC1(F)F. The Morgan fingerprint density at radius 1 is 1.32 bits per heavy atom. The Kier molecular flexibility index (Phi) is 4.70. The number of hydrazone groups is 1. The van der Waals surface area contributed by atoms with Crippen LogP contribution in [0.4, 0.5) is 17.6 Å². The van der Waals surface area contributed by atoms with Gasteiger partial charge in [-0.2, -0.15) is 13.9 Å². The zero-order valence-electron chi connectivity index (χ0n) is 15.3. The van der Waals surface area contributed by atoms with Crippen LogP contribution in [0.1, 0.15) is 32.1 Å². The lowest BCUT2D eigenvalue weighted by Gasteiger charge is -2.54. The molecule has 0 amide bonds. The van der Waals surface area contributed by atoms with Gasteiger partial charge in [-0.05, 0) is 37.0 Å². The fraction of sp³-hybridized carbons (Fsp3) is 0.778. The van der Waals surface area contributed by atoms with Gasteiger partial charge in [-0.3, -0.25) is 9.80 Å². The molecule has 28 heavy (non-hydrogen) atoms. The number of hydrogen-bond acceptors (Lipinski definition) is 4. The number of nitrogens with two attached hydrogens (primary N) is 1. The Hall–Kier alpha value is -2.00. The first-order valence-electron chi connectivity index (χ1n) is 9.65. The smallest absolute Gasteiger partial charge is 0.303 e. The molecular weight excluding hydrogens is 380 g/mol. The summed E-state index contributed by atoms with van der Waals surface area (Å²) in [5.41, 5.74) is 5.42. The number of hydrogen-bond donors (Lipinski definition) is 2. The van der Waals surface area contributed by atoms with Gasteiger partial charge in [0.05, 0.1) is 5.70 Å². The molecule has 0 aromatic carbocycles. The molecule has 0 aromatic heterocycles. The molecular formula is C18H24F4N4O2. The number of carbonyl (C=O) groups is 1. The number of aliphatic carboxylic acids is 1. The van der Waals surface area contributed by atoms with Gasteiger partial charge in [-0.1, -0.05) is 0 Å². The number of rotatable bonds is 5. The average Bonchev–Trinajstić information content (AvgIpc) is 2.86. The van der Waals surface area contributed by atoms with Crippen molar-refractivity contribution in [2.45, 2.75) is 50.5 Å². The van der Waals surface area contributed by atoms with E-state index in [-0.39, 0.29) is 42.0 Å². The molecule has 4 fully saturated rings. The van der Waals surface area contributed by atoms with Crippen LogP contribution in [0.2, 0.25) is 0 Å². The normalized spacial score (nSPS) is 34.5. The van der Waals surface area contributed by atoms with Crippen LogP contribution in [0.5, 0.6) is 0 Å². The van der Waals surface area contributed by atoms with E-state index in [1.54, 1.807) is 0 Å². The fourth-order valence-corrected chi connectivity index (χ4v) is 4.91. The summed E-state index contributed by atoms with van der Waals surface area (Å²) in [5.74, 6) is -3.33. The lowest BCUT2D eigenvalue weighted by molar-refractivity contribution is -0.142. The number of carboxylic acid groups (broad SMARTS) is 1. The lowest BCUT2D eigenvalue weighted by atomic mass is 9.60. The molecule has 6 nitrogen and oxygen atoms in total. The van der Waals surface area contributed by atoms with Gasteiger partial charge < -0.3 is 15.7 Å². The van der Waals surface area contributed by atoms with Crippen molar-refractivity contribution in [3.63, 3.8) is 0 Å². The van der Waals surface area contributed by atoms with Crippen LogP contribution in [0, 0.1) is 17.8 Å². The van der Waals surface area contributed by atoms with Crippen LogP contribution >= 0.6 is 0 Å². The number of alkyl halides is 4. The van der Waals surface area contributed by atoms with E-state index < -0.39 is 36.5 Å². The highest BCUT2D eigenvalue weighted by Gasteiger charge is 2.50. The highest BCUT2D eigenvalue weighted by atomic mass is 19.3. The maximum atomic E-state index is 14.0. The van der Waals surface area contributed by atoms with Gasteiger partial charge in [0, 0.05) is 38.0 Å². The second-order valence-corrected chi connectivity index (χ2v) is 8.30. The van der Waals surface area contributed by atoms with Gasteiger partial charge in [0.15, 0.2) is 5.84 Å². The van der Waals surface area contributed by atoms with E-state index >= 15 is 0 Å². The number of piperidine rings is 2. The molecule has 1 unspecified atom stereocenters. The minimum atomic E-state index is -3.11. The first kappa shape index (κ1) is 19.3. The summed E-state index contributed by atoms with van der Waals surface area (Å²) in [5, 5.41) is 14.7. The predicted molar refractivity (Wildman–Crippen MR) is 92.9 cm³/mol. The molecule has 3 N–H and O–H groups in total. The summed E-state index contributed by atoms with van der Waals surface area (Å²) in [6.07, 6.45) is -1.60. The van der Waals surface area contributed by atoms with Crippen LogP contribution in [-0.4, -0.2) is 64.8 Å². The summed E-state index contributed by atoms with van der Waals surface area (Å²) in [7, 11) is 0. The molecule has 5 rings (SSSR count). The molecule has 156 valence electrons. The first-order valence-corrected chi connectivity index (χ1v) is 9.65. The molecule has 3 heterocycles. The van der Waals surface area contributed by atoms with Crippen molar-refractivity contribution in [2.24, 2.45) is 28.6 Å². The molecule has 2 bridgehead atoms. The standard InChI is InChI=1S/C18H24F4N4O2/c19-16(20)13-2-4-26(13)24-17(11-1-3-18(21,22)15(11)23)25-7-9-5-10(8-25)12(9)6-14(27)28/h9-10,12-13,16H,1-8,23H2,(H,27,28)/t9-,10+,12?,13-/m1/s1. The Bertz CT molecular complexity index is 714. The Morgan fingerprint density at radius 3 is 2.46 bits per heavy atom. The summed E-state index contributed by atoms with van der Waals surface area (Å²) in [6, 6.07) is -1.00. The summed E-state index contributed by atoms with van der Waals surface area (Å²) >= 11 is 0. The summed E-state index contributed by atoms with van der Waals surface area (Å²) in [4.78, 5) is 12.9. The number of nitrogens with zero attached hydrogens (tertiary/aromatic N) is 3. The van der Waals surface area contributed by atoms with Crippen molar-refractivity contribution in [1.82, 2.24) is 9.91 Å². The van der Waals surface area contributed by atoms with Crippen molar-refractivity contribution in [3.8, 4) is 0 Å². The topological polar surface area (TPSA) is 82.2 Å². The quantitative estimate of drug-likeness (QED) is 0.418. The maximum Gasteiger partial charge on any atom is 0.303 e. The van der Waals surface area contributed by atoms with Gasteiger partial charge in [0.1, 0.15) is 6.04 Å². The van der Waals surface area contributed by atoms with Gasteiger partial charge in [-0.15, -0.1) is 0 Å². The minimum absolute atomic E-state index is 0.0508. The zero-order valence-corrected chi connectivity index (χ0v) is 15.3. The van der Waals surface area contributed by atoms with Gasteiger partial charge >= 0.3 is 5.97 Å². The van der Waals surface area contributed by atoms with Crippen LogP contribution in [0.25, 0.3) is 0 Å². The van der Waals surface area contributed by atoms with Crippen LogP contribution < -0.4 is 5.73 Å². The molecule has 3 saturated heterocycles. The van der Waals surface area contributed by atoms with E-state index in [0.717, 1.165) is 6.42 Å². The number of allylic oxidation sites excluding steroid dienone is 1.